The van der Waals surface area contributed by atoms with E-state index < -0.39 is 15.7 Å². The summed E-state index contributed by atoms with van der Waals surface area (Å²) in [6.07, 6.45) is 1.89. The molecule has 0 radical (unpaired) electrons. The minimum Gasteiger partial charge on any atom is -0.419 e. The normalized spacial score (nSPS) is 14.4. The molecule has 1 aliphatic carbocycles. The van der Waals surface area contributed by atoms with E-state index in [1.165, 1.54) is 24.3 Å². The van der Waals surface area contributed by atoms with Crippen molar-refractivity contribution in [3.05, 3.63) is 59.9 Å². The van der Waals surface area contributed by atoms with Crippen LogP contribution in [-0.4, -0.2) is 19.4 Å². The van der Waals surface area contributed by atoms with Crippen molar-refractivity contribution >= 4 is 15.7 Å². The van der Waals surface area contributed by atoms with Gasteiger partial charge in [-0.15, -0.1) is 0 Å². The maximum absolute atomic E-state index is 13.7. The Bertz CT molecular complexity index is 1060. The zero-order valence-corrected chi connectivity index (χ0v) is 14.9. The van der Waals surface area contributed by atoms with E-state index in [0.717, 1.165) is 18.4 Å². The van der Waals surface area contributed by atoms with Crippen LogP contribution in [0.2, 0.25) is 0 Å². The highest BCUT2D eigenvalue weighted by molar-refractivity contribution is 7.91. The molecule has 0 aliphatic heterocycles. The van der Waals surface area contributed by atoms with Crippen LogP contribution in [0.1, 0.15) is 18.4 Å². The number of aromatic nitrogens is 1. The molecule has 1 aliphatic rings. The lowest BCUT2D eigenvalue weighted by Gasteiger charge is -2.04. The van der Waals surface area contributed by atoms with Gasteiger partial charge in [0.2, 0.25) is 26.6 Å². The molecule has 7 heteroatoms. The van der Waals surface area contributed by atoms with Crippen LogP contribution in [0, 0.1) is 12.7 Å². The zero-order valence-electron chi connectivity index (χ0n) is 14.1. The van der Waals surface area contributed by atoms with Crippen molar-refractivity contribution in [2.75, 3.05) is 5.32 Å². The van der Waals surface area contributed by atoms with Gasteiger partial charge in [0.05, 0.1) is 4.90 Å². The fourth-order valence-corrected chi connectivity index (χ4v) is 3.93. The molecule has 0 saturated heterocycles. The highest BCUT2D eigenvalue weighted by atomic mass is 32.2. The van der Waals surface area contributed by atoms with Gasteiger partial charge in [0, 0.05) is 11.6 Å². The van der Waals surface area contributed by atoms with Crippen molar-refractivity contribution in [1.82, 2.24) is 4.98 Å². The number of hydrogen-bond donors (Lipinski definition) is 1. The van der Waals surface area contributed by atoms with Gasteiger partial charge in [-0.05, 0) is 49.6 Å². The van der Waals surface area contributed by atoms with Crippen LogP contribution >= 0.6 is 0 Å². The van der Waals surface area contributed by atoms with Crippen LogP contribution in [-0.2, 0) is 9.84 Å². The molecule has 0 unspecified atom stereocenters. The van der Waals surface area contributed by atoms with Crippen molar-refractivity contribution in [3.8, 4) is 11.5 Å². The van der Waals surface area contributed by atoms with Crippen LogP contribution in [0.5, 0.6) is 0 Å². The third-order valence-electron chi connectivity index (χ3n) is 4.25. The molecule has 1 saturated carbocycles. The fourth-order valence-electron chi connectivity index (χ4n) is 2.64. The molecule has 4 rings (SSSR count). The largest absolute Gasteiger partial charge is 0.419 e. The molecule has 0 atom stereocenters. The summed E-state index contributed by atoms with van der Waals surface area (Å²) in [6.45, 7) is 1.79. The van der Waals surface area contributed by atoms with E-state index in [4.69, 9.17) is 4.42 Å². The van der Waals surface area contributed by atoms with Gasteiger partial charge >= 0.3 is 0 Å². The number of anilines is 1. The quantitative estimate of drug-likeness (QED) is 0.727. The van der Waals surface area contributed by atoms with Crippen molar-refractivity contribution in [2.45, 2.75) is 35.7 Å². The molecule has 134 valence electrons. The van der Waals surface area contributed by atoms with E-state index in [1.54, 1.807) is 31.2 Å². The Kier molecular flexibility index (Phi) is 4.03. The van der Waals surface area contributed by atoms with Crippen LogP contribution < -0.4 is 5.32 Å². The van der Waals surface area contributed by atoms with Gasteiger partial charge in [-0.2, -0.15) is 4.98 Å². The number of aryl methyl sites for hydroxylation is 1. The minimum atomic E-state index is -3.86. The first-order valence-electron chi connectivity index (χ1n) is 8.29. The van der Waals surface area contributed by atoms with Crippen LogP contribution in [0.15, 0.2) is 62.9 Å². The third-order valence-corrected chi connectivity index (χ3v) is 5.93. The Hall–Kier alpha value is -2.67. The first kappa shape index (κ1) is 16.8. The van der Waals surface area contributed by atoms with E-state index in [1.807, 2.05) is 0 Å². The molecule has 5 nitrogen and oxygen atoms in total. The predicted octanol–water partition coefficient (Wildman–Crippen LogP) is 4.20. The maximum Gasteiger partial charge on any atom is 0.234 e. The first-order valence-corrected chi connectivity index (χ1v) is 9.77. The summed E-state index contributed by atoms with van der Waals surface area (Å²) in [6, 6.07) is 12.5. The van der Waals surface area contributed by atoms with E-state index in [0.29, 0.717) is 5.56 Å². The van der Waals surface area contributed by atoms with Crippen molar-refractivity contribution in [3.63, 3.8) is 0 Å². The SMILES string of the molecule is Cc1ccc(F)cc1-c1nc(S(=O)(=O)c2ccccc2)c(NC2CC2)o1. The minimum absolute atomic E-state index is 0.0830. The number of hydrogen-bond acceptors (Lipinski definition) is 5. The summed E-state index contributed by atoms with van der Waals surface area (Å²) < 4.78 is 45.4. The van der Waals surface area contributed by atoms with Crippen molar-refractivity contribution in [2.24, 2.45) is 0 Å². The van der Waals surface area contributed by atoms with Gasteiger partial charge in [-0.25, -0.2) is 12.8 Å². The summed E-state index contributed by atoms with van der Waals surface area (Å²) in [5.41, 5.74) is 1.17. The number of benzene rings is 2. The molecular weight excluding hydrogens is 355 g/mol. The maximum atomic E-state index is 13.7. The molecule has 1 heterocycles. The molecular formula is C19H17FN2O3S. The van der Waals surface area contributed by atoms with E-state index >= 15 is 0 Å². The third kappa shape index (κ3) is 3.10. The van der Waals surface area contributed by atoms with Gasteiger partial charge in [0.1, 0.15) is 5.82 Å². The topological polar surface area (TPSA) is 72.2 Å². The average Bonchev–Trinajstić information content (AvgIpc) is 3.34. The molecule has 26 heavy (non-hydrogen) atoms. The van der Waals surface area contributed by atoms with E-state index in [9.17, 15) is 12.8 Å². The Morgan fingerprint density at radius 3 is 2.58 bits per heavy atom. The zero-order chi connectivity index (χ0) is 18.3. The van der Waals surface area contributed by atoms with Gasteiger partial charge in [0.25, 0.3) is 0 Å². The lowest BCUT2D eigenvalue weighted by molar-refractivity contribution is 0.574. The first-order chi connectivity index (χ1) is 12.4. The average molecular weight is 372 g/mol. The monoisotopic (exact) mass is 372 g/mol. The summed E-state index contributed by atoms with van der Waals surface area (Å²) in [4.78, 5) is 4.36. The molecule has 0 spiro atoms. The standard InChI is InChI=1S/C19H17FN2O3S/c1-12-7-8-13(20)11-16(12)17-22-19(18(25-17)21-14-9-10-14)26(23,24)15-5-3-2-4-6-15/h2-8,11,14,21H,9-10H2,1H3. The summed E-state index contributed by atoms with van der Waals surface area (Å²) in [7, 11) is -3.86. The second-order valence-corrected chi connectivity index (χ2v) is 8.21. The van der Waals surface area contributed by atoms with Gasteiger partial charge < -0.3 is 9.73 Å². The molecule has 3 aromatic rings. The molecule has 1 fully saturated rings. The Morgan fingerprint density at radius 1 is 1.15 bits per heavy atom. The Balaban J connectivity index is 1.86. The Morgan fingerprint density at radius 2 is 1.88 bits per heavy atom. The summed E-state index contributed by atoms with van der Waals surface area (Å²) in [5, 5.41) is 2.91. The predicted molar refractivity (Wildman–Crippen MR) is 95.2 cm³/mol. The lowest BCUT2D eigenvalue weighted by Crippen LogP contribution is -2.08. The molecule has 1 aromatic heterocycles. The number of nitrogens with zero attached hydrogens (tertiary/aromatic N) is 1. The van der Waals surface area contributed by atoms with Crippen LogP contribution in [0.3, 0.4) is 0 Å². The van der Waals surface area contributed by atoms with Gasteiger partial charge in [-0.3, -0.25) is 0 Å². The second-order valence-electron chi connectivity index (χ2n) is 6.35. The van der Waals surface area contributed by atoms with Crippen LogP contribution in [0.4, 0.5) is 10.3 Å². The summed E-state index contributed by atoms with van der Waals surface area (Å²) >= 11 is 0. The van der Waals surface area contributed by atoms with Crippen molar-refractivity contribution < 1.29 is 17.2 Å². The number of halogens is 1. The molecule has 2 aromatic carbocycles. The van der Waals surface area contributed by atoms with E-state index in [-0.39, 0.29) is 27.7 Å². The van der Waals surface area contributed by atoms with E-state index in [2.05, 4.69) is 10.3 Å². The number of oxazole rings is 1. The second kappa shape index (κ2) is 6.25. The number of rotatable bonds is 5. The number of nitrogens with one attached hydrogen (secondary N) is 1. The molecule has 1 N–H and O–H groups in total. The van der Waals surface area contributed by atoms with Gasteiger partial charge in [-0.1, -0.05) is 24.3 Å². The lowest BCUT2D eigenvalue weighted by atomic mass is 10.1. The Labute approximate surface area is 150 Å². The van der Waals surface area contributed by atoms with Crippen molar-refractivity contribution in [1.29, 1.82) is 0 Å². The van der Waals surface area contributed by atoms with Gasteiger partial charge in [0.15, 0.2) is 0 Å². The fraction of sp³-hybridized carbons (Fsp3) is 0.211. The number of sulfone groups is 1. The van der Waals surface area contributed by atoms with Crippen LogP contribution in [0.25, 0.3) is 11.5 Å². The highest BCUT2D eigenvalue weighted by Crippen LogP contribution is 2.36. The smallest absolute Gasteiger partial charge is 0.234 e. The molecule has 0 amide bonds. The summed E-state index contributed by atoms with van der Waals surface area (Å²) in [5.74, 6) is -0.248. The molecule has 0 bridgehead atoms. The highest BCUT2D eigenvalue weighted by Gasteiger charge is 2.32.